The number of carbonyl (C=O) groups is 1. The lowest BCUT2D eigenvalue weighted by atomic mass is 10.1. The maximum atomic E-state index is 10.9. The van der Waals surface area contributed by atoms with Crippen LogP contribution in [0.5, 0.6) is 0 Å². The Hall–Kier alpha value is -0.650. The van der Waals surface area contributed by atoms with Gasteiger partial charge < -0.3 is 19.3 Å². The summed E-state index contributed by atoms with van der Waals surface area (Å²) in [6, 6.07) is 0. The molecule has 1 aliphatic rings. The zero-order valence-corrected chi connectivity index (χ0v) is 9.36. The van der Waals surface area contributed by atoms with Crippen molar-refractivity contribution in [2.45, 2.75) is 44.7 Å². The van der Waals surface area contributed by atoms with Crippen molar-refractivity contribution in [3.05, 3.63) is 0 Å². The molecule has 1 rings (SSSR count). The minimum Gasteiger partial charge on any atom is -0.479 e. The fraction of sp³-hybridized carbons (Fsp3) is 0.900. The van der Waals surface area contributed by atoms with E-state index in [-0.39, 0.29) is 6.10 Å². The van der Waals surface area contributed by atoms with E-state index >= 15 is 0 Å². The van der Waals surface area contributed by atoms with Crippen LogP contribution in [0, 0.1) is 0 Å². The number of carboxylic acids is 1. The second kappa shape index (κ2) is 4.92. The first kappa shape index (κ1) is 12.4. The number of aliphatic carboxylic acids is 1. The van der Waals surface area contributed by atoms with Crippen molar-refractivity contribution in [2.24, 2.45) is 0 Å². The van der Waals surface area contributed by atoms with Crippen LogP contribution in [0.15, 0.2) is 0 Å². The largest absolute Gasteiger partial charge is 0.479 e. The highest BCUT2D eigenvalue weighted by Crippen LogP contribution is 2.23. The van der Waals surface area contributed by atoms with Crippen LogP contribution in [-0.4, -0.2) is 42.8 Å². The molecule has 0 aromatic carbocycles. The van der Waals surface area contributed by atoms with Crippen LogP contribution in [0.3, 0.4) is 0 Å². The molecule has 2 atom stereocenters. The average Bonchev–Trinajstić information content (AvgIpc) is 2.18. The van der Waals surface area contributed by atoms with E-state index in [0.29, 0.717) is 6.61 Å². The Morgan fingerprint density at radius 3 is 2.73 bits per heavy atom. The smallest absolute Gasteiger partial charge is 0.335 e. The first-order valence-corrected chi connectivity index (χ1v) is 5.03. The SMILES string of the molecule is CO[C@@H]1OCCC[C@@H]1OC(C)(C)C(=O)O. The summed E-state index contributed by atoms with van der Waals surface area (Å²) in [5, 5.41) is 8.92. The van der Waals surface area contributed by atoms with Crippen LogP contribution >= 0.6 is 0 Å². The predicted molar refractivity (Wildman–Crippen MR) is 52.6 cm³/mol. The molecule has 0 aromatic rings. The van der Waals surface area contributed by atoms with Gasteiger partial charge in [0, 0.05) is 13.7 Å². The fourth-order valence-corrected chi connectivity index (χ4v) is 1.49. The van der Waals surface area contributed by atoms with Gasteiger partial charge in [-0.2, -0.15) is 0 Å². The minimum atomic E-state index is -1.21. The number of methoxy groups -OCH3 is 1. The summed E-state index contributed by atoms with van der Waals surface area (Å²) in [4.78, 5) is 10.9. The van der Waals surface area contributed by atoms with Crippen LogP contribution in [0.4, 0.5) is 0 Å². The molecular weight excluding hydrogens is 200 g/mol. The quantitative estimate of drug-likeness (QED) is 0.763. The molecule has 0 bridgehead atoms. The van der Waals surface area contributed by atoms with Crippen molar-refractivity contribution in [3.8, 4) is 0 Å². The van der Waals surface area contributed by atoms with E-state index in [2.05, 4.69) is 0 Å². The van der Waals surface area contributed by atoms with Crippen molar-refractivity contribution in [2.75, 3.05) is 13.7 Å². The molecule has 0 radical (unpaired) electrons. The number of hydrogen-bond acceptors (Lipinski definition) is 4. The molecule has 5 heteroatoms. The lowest BCUT2D eigenvalue weighted by Gasteiger charge is -2.34. The van der Waals surface area contributed by atoms with Crippen molar-refractivity contribution < 1.29 is 24.1 Å². The highest BCUT2D eigenvalue weighted by molar-refractivity contribution is 5.76. The van der Waals surface area contributed by atoms with E-state index < -0.39 is 17.9 Å². The summed E-state index contributed by atoms with van der Waals surface area (Å²) in [6.45, 7) is 3.68. The molecule has 1 N–H and O–H groups in total. The van der Waals surface area contributed by atoms with Gasteiger partial charge in [-0.1, -0.05) is 0 Å². The van der Waals surface area contributed by atoms with E-state index in [9.17, 15) is 4.79 Å². The molecule has 0 saturated carbocycles. The maximum Gasteiger partial charge on any atom is 0.335 e. The van der Waals surface area contributed by atoms with Gasteiger partial charge in [0.25, 0.3) is 0 Å². The summed E-state index contributed by atoms with van der Waals surface area (Å²) < 4.78 is 15.9. The summed E-state index contributed by atoms with van der Waals surface area (Å²) in [5.74, 6) is -0.983. The summed E-state index contributed by atoms with van der Waals surface area (Å²) in [7, 11) is 1.53. The average molecular weight is 218 g/mol. The van der Waals surface area contributed by atoms with Gasteiger partial charge in [0.15, 0.2) is 11.9 Å². The summed E-state index contributed by atoms with van der Waals surface area (Å²) >= 11 is 0. The fourth-order valence-electron chi connectivity index (χ4n) is 1.49. The molecule has 1 heterocycles. The molecule has 1 aliphatic heterocycles. The number of hydrogen-bond donors (Lipinski definition) is 1. The van der Waals surface area contributed by atoms with E-state index in [1.54, 1.807) is 0 Å². The molecule has 0 aromatic heterocycles. The molecule has 15 heavy (non-hydrogen) atoms. The Balaban J connectivity index is 2.58. The van der Waals surface area contributed by atoms with Crippen molar-refractivity contribution in [3.63, 3.8) is 0 Å². The Kier molecular flexibility index (Phi) is 4.07. The third kappa shape index (κ3) is 3.15. The Morgan fingerprint density at radius 1 is 1.53 bits per heavy atom. The normalized spacial score (nSPS) is 27.7. The number of rotatable bonds is 4. The highest BCUT2D eigenvalue weighted by atomic mass is 16.7. The molecular formula is C10H18O5. The standard InChI is InChI=1S/C10H18O5/c1-10(2,9(11)12)15-7-5-4-6-14-8(7)13-3/h7-8H,4-6H2,1-3H3,(H,11,12)/t7-,8+/m0/s1. The summed E-state index contributed by atoms with van der Waals surface area (Å²) in [5.41, 5.74) is -1.21. The first-order valence-electron chi connectivity index (χ1n) is 5.03. The molecule has 0 unspecified atom stereocenters. The Morgan fingerprint density at radius 2 is 2.20 bits per heavy atom. The van der Waals surface area contributed by atoms with Crippen molar-refractivity contribution >= 4 is 5.97 Å². The van der Waals surface area contributed by atoms with Crippen LogP contribution in [0.2, 0.25) is 0 Å². The van der Waals surface area contributed by atoms with Gasteiger partial charge in [0.2, 0.25) is 0 Å². The van der Waals surface area contributed by atoms with Gasteiger partial charge in [-0.25, -0.2) is 4.79 Å². The highest BCUT2D eigenvalue weighted by Gasteiger charge is 2.36. The third-order valence-electron chi connectivity index (χ3n) is 2.41. The first-order chi connectivity index (χ1) is 6.97. The van der Waals surface area contributed by atoms with E-state index in [0.717, 1.165) is 12.8 Å². The molecule has 0 aliphatic carbocycles. The molecule has 88 valence electrons. The van der Waals surface area contributed by atoms with Gasteiger partial charge >= 0.3 is 5.97 Å². The lowest BCUT2D eigenvalue weighted by molar-refractivity contribution is -0.242. The Bertz CT molecular complexity index is 226. The third-order valence-corrected chi connectivity index (χ3v) is 2.41. The molecule has 0 spiro atoms. The second-order valence-electron chi connectivity index (χ2n) is 4.09. The van der Waals surface area contributed by atoms with Crippen molar-refractivity contribution in [1.82, 2.24) is 0 Å². The molecule has 0 amide bonds. The van der Waals surface area contributed by atoms with Gasteiger partial charge in [-0.15, -0.1) is 0 Å². The van der Waals surface area contributed by atoms with E-state index in [1.165, 1.54) is 21.0 Å². The van der Waals surface area contributed by atoms with Crippen LogP contribution < -0.4 is 0 Å². The minimum absolute atomic E-state index is 0.310. The van der Waals surface area contributed by atoms with Gasteiger partial charge in [0.05, 0.1) is 0 Å². The monoisotopic (exact) mass is 218 g/mol. The van der Waals surface area contributed by atoms with Gasteiger partial charge in [-0.3, -0.25) is 0 Å². The van der Waals surface area contributed by atoms with Crippen LogP contribution in [0.25, 0.3) is 0 Å². The summed E-state index contributed by atoms with van der Waals surface area (Å²) in [6.07, 6.45) is 0.849. The lowest BCUT2D eigenvalue weighted by Crippen LogP contribution is -2.46. The van der Waals surface area contributed by atoms with Gasteiger partial charge in [-0.05, 0) is 26.7 Å². The van der Waals surface area contributed by atoms with Crippen LogP contribution in [0.1, 0.15) is 26.7 Å². The molecule has 5 nitrogen and oxygen atoms in total. The zero-order chi connectivity index (χ0) is 11.5. The number of ether oxygens (including phenoxy) is 3. The zero-order valence-electron chi connectivity index (χ0n) is 9.36. The van der Waals surface area contributed by atoms with Gasteiger partial charge in [0.1, 0.15) is 6.10 Å². The second-order valence-corrected chi connectivity index (χ2v) is 4.09. The molecule has 1 fully saturated rings. The van der Waals surface area contributed by atoms with Crippen molar-refractivity contribution in [1.29, 1.82) is 0 Å². The maximum absolute atomic E-state index is 10.9. The topological polar surface area (TPSA) is 65.0 Å². The number of carboxylic acid groups (broad SMARTS) is 1. The predicted octanol–water partition coefficient (Wildman–Crippen LogP) is 1.02. The van der Waals surface area contributed by atoms with E-state index in [1.807, 2.05) is 0 Å². The molecule has 1 saturated heterocycles. The van der Waals surface area contributed by atoms with E-state index in [4.69, 9.17) is 19.3 Å². The Labute approximate surface area is 89.3 Å². The van der Waals surface area contributed by atoms with Crippen LogP contribution in [-0.2, 0) is 19.0 Å².